The number of β-amino-alcohol motifs (C(OH)–C–C–N with tert-alkyl or cyclic N) is 1. The molecule has 27 heavy (non-hydrogen) atoms. The number of para-hydroxylation sites is 1. The number of fused-ring (bicyclic) bond motifs is 1. The second-order valence-electron chi connectivity index (χ2n) is 7.59. The van der Waals surface area contributed by atoms with Crippen LogP contribution in [0.5, 0.6) is 0 Å². The van der Waals surface area contributed by atoms with Crippen molar-refractivity contribution in [2.75, 3.05) is 19.6 Å². The summed E-state index contributed by atoms with van der Waals surface area (Å²) in [6, 6.07) is 20.8. The number of likely N-dealkylation sites (tertiary alicyclic amines) is 1. The molecular formula is C23H25N3O. The smallest absolute Gasteiger partial charge is 0.0940 e. The lowest BCUT2D eigenvalue weighted by atomic mass is 9.74. The third-order valence-electron chi connectivity index (χ3n) is 5.96. The lowest BCUT2D eigenvalue weighted by molar-refractivity contribution is 0.0903. The number of hydrogen-bond acceptors (Lipinski definition) is 3. The van der Waals surface area contributed by atoms with Crippen LogP contribution in [0.4, 0.5) is 0 Å². The number of rotatable bonds is 4. The maximum atomic E-state index is 10.9. The van der Waals surface area contributed by atoms with Crippen LogP contribution in [0.25, 0.3) is 10.9 Å². The number of hydrogen-bond donors (Lipinski definition) is 2. The van der Waals surface area contributed by atoms with Crippen molar-refractivity contribution in [1.82, 2.24) is 9.88 Å². The first-order valence-corrected chi connectivity index (χ1v) is 9.57. The van der Waals surface area contributed by atoms with Crippen LogP contribution in [0, 0.1) is 18.3 Å². The van der Waals surface area contributed by atoms with Crippen molar-refractivity contribution in [1.29, 1.82) is 5.26 Å². The van der Waals surface area contributed by atoms with Crippen LogP contribution in [0.3, 0.4) is 0 Å². The molecule has 4 nitrogen and oxygen atoms in total. The molecule has 1 aliphatic rings. The Morgan fingerprint density at radius 3 is 2.48 bits per heavy atom. The fourth-order valence-corrected chi connectivity index (χ4v) is 4.40. The second-order valence-corrected chi connectivity index (χ2v) is 7.59. The predicted molar refractivity (Wildman–Crippen MR) is 107 cm³/mol. The van der Waals surface area contributed by atoms with Gasteiger partial charge >= 0.3 is 0 Å². The molecule has 0 bridgehead atoms. The van der Waals surface area contributed by atoms with E-state index in [1.54, 1.807) is 0 Å². The molecule has 2 heterocycles. The number of aliphatic hydroxyl groups is 1. The molecule has 2 N–H and O–H groups in total. The van der Waals surface area contributed by atoms with Crippen LogP contribution in [-0.4, -0.2) is 34.6 Å². The van der Waals surface area contributed by atoms with Gasteiger partial charge in [0.15, 0.2) is 0 Å². The third-order valence-corrected chi connectivity index (χ3v) is 5.96. The Bertz CT molecular complexity index is 962. The summed E-state index contributed by atoms with van der Waals surface area (Å²) in [5.41, 5.74) is 3.79. The van der Waals surface area contributed by atoms with Crippen molar-refractivity contribution in [3.05, 3.63) is 71.4 Å². The van der Waals surface area contributed by atoms with Gasteiger partial charge in [0.25, 0.3) is 0 Å². The molecule has 1 saturated heterocycles. The van der Waals surface area contributed by atoms with Gasteiger partial charge in [-0.3, -0.25) is 0 Å². The van der Waals surface area contributed by atoms with Gasteiger partial charge in [-0.25, -0.2) is 0 Å². The minimum Gasteiger partial charge on any atom is -0.387 e. The van der Waals surface area contributed by atoms with E-state index in [0.717, 1.165) is 53.7 Å². The highest BCUT2D eigenvalue weighted by Crippen LogP contribution is 2.36. The highest BCUT2D eigenvalue weighted by atomic mass is 16.3. The molecule has 4 rings (SSSR count). The summed E-state index contributed by atoms with van der Waals surface area (Å²) in [4.78, 5) is 5.65. The zero-order valence-electron chi connectivity index (χ0n) is 15.7. The Labute approximate surface area is 160 Å². The first-order valence-electron chi connectivity index (χ1n) is 9.57. The zero-order chi connectivity index (χ0) is 18.9. The monoisotopic (exact) mass is 359 g/mol. The van der Waals surface area contributed by atoms with Crippen LogP contribution in [0.1, 0.15) is 35.8 Å². The summed E-state index contributed by atoms with van der Waals surface area (Å²) in [5, 5.41) is 21.9. The molecule has 0 spiro atoms. The highest BCUT2D eigenvalue weighted by molar-refractivity contribution is 5.84. The number of nitriles is 1. The lowest BCUT2D eigenvalue weighted by Crippen LogP contribution is -2.43. The molecule has 2 aromatic carbocycles. The summed E-state index contributed by atoms with van der Waals surface area (Å²) in [5.74, 6) is 0. The van der Waals surface area contributed by atoms with Crippen molar-refractivity contribution in [3.63, 3.8) is 0 Å². The summed E-state index contributed by atoms with van der Waals surface area (Å²) in [6.07, 6.45) is 1.06. The van der Waals surface area contributed by atoms with Gasteiger partial charge in [0.2, 0.25) is 0 Å². The van der Waals surface area contributed by atoms with Crippen molar-refractivity contribution >= 4 is 10.9 Å². The number of piperidine rings is 1. The van der Waals surface area contributed by atoms with Gasteiger partial charge in [0, 0.05) is 41.8 Å². The minimum atomic E-state index is -0.535. The standard InChI is InChI=1S/C23H25N3O/c1-17-22(19-9-5-6-10-20(19)25-17)21(27)15-26-13-11-23(16-24,12-14-26)18-7-3-2-4-8-18/h2-10,21,25,27H,11-15H2,1H3/t21-/m0/s1. The maximum Gasteiger partial charge on any atom is 0.0940 e. The van der Waals surface area contributed by atoms with Crippen molar-refractivity contribution in [2.24, 2.45) is 0 Å². The average molecular weight is 359 g/mol. The SMILES string of the molecule is Cc1[nH]c2ccccc2c1[C@@H](O)CN1CCC(C#N)(c2ccccc2)CC1. The van der Waals surface area contributed by atoms with E-state index in [2.05, 4.69) is 34.2 Å². The summed E-state index contributed by atoms with van der Waals surface area (Å²) in [7, 11) is 0. The van der Waals surface area contributed by atoms with Crippen LogP contribution in [-0.2, 0) is 5.41 Å². The number of benzene rings is 2. The molecule has 3 aromatic rings. The number of aryl methyl sites for hydroxylation is 1. The largest absolute Gasteiger partial charge is 0.387 e. The molecule has 1 aromatic heterocycles. The lowest BCUT2D eigenvalue weighted by Gasteiger charge is -2.38. The molecule has 138 valence electrons. The van der Waals surface area contributed by atoms with Gasteiger partial charge in [-0.15, -0.1) is 0 Å². The third kappa shape index (κ3) is 3.25. The summed E-state index contributed by atoms with van der Waals surface area (Å²) < 4.78 is 0. The second kappa shape index (κ2) is 7.19. The normalized spacial score (nSPS) is 18.3. The van der Waals surface area contributed by atoms with E-state index >= 15 is 0 Å². The van der Waals surface area contributed by atoms with Crippen LogP contribution >= 0.6 is 0 Å². The van der Waals surface area contributed by atoms with Crippen LogP contribution in [0.2, 0.25) is 0 Å². The number of H-pyrrole nitrogens is 1. The Morgan fingerprint density at radius 2 is 1.78 bits per heavy atom. The molecule has 0 amide bonds. The van der Waals surface area contributed by atoms with E-state index < -0.39 is 11.5 Å². The van der Waals surface area contributed by atoms with Crippen molar-refractivity contribution < 1.29 is 5.11 Å². The van der Waals surface area contributed by atoms with Crippen molar-refractivity contribution in [2.45, 2.75) is 31.3 Å². The van der Waals surface area contributed by atoms with Crippen LogP contribution in [0.15, 0.2) is 54.6 Å². The molecule has 0 radical (unpaired) electrons. The fraction of sp³-hybridized carbons (Fsp3) is 0.348. The molecule has 0 aliphatic carbocycles. The quantitative estimate of drug-likeness (QED) is 0.738. The van der Waals surface area contributed by atoms with E-state index in [4.69, 9.17) is 0 Å². The first-order chi connectivity index (χ1) is 13.1. The van der Waals surface area contributed by atoms with Gasteiger partial charge in [0.1, 0.15) is 0 Å². The number of aliphatic hydroxyl groups excluding tert-OH is 1. The first kappa shape index (κ1) is 17.8. The van der Waals surface area contributed by atoms with E-state index in [9.17, 15) is 10.4 Å². The van der Waals surface area contributed by atoms with Gasteiger partial charge < -0.3 is 15.0 Å². The number of nitrogens with one attached hydrogen (secondary N) is 1. The maximum absolute atomic E-state index is 10.9. The summed E-state index contributed by atoms with van der Waals surface area (Å²) >= 11 is 0. The molecule has 0 unspecified atom stereocenters. The molecule has 1 fully saturated rings. The number of aromatic amines is 1. The predicted octanol–water partition coefficient (Wildman–Crippen LogP) is 4.07. The zero-order valence-corrected chi connectivity index (χ0v) is 15.7. The summed E-state index contributed by atoms with van der Waals surface area (Å²) in [6.45, 7) is 4.26. The topological polar surface area (TPSA) is 63.0 Å². The average Bonchev–Trinajstić information content (AvgIpc) is 3.05. The van der Waals surface area contributed by atoms with Gasteiger partial charge in [-0.2, -0.15) is 5.26 Å². The number of aromatic nitrogens is 1. The van der Waals surface area contributed by atoms with E-state index in [-0.39, 0.29) is 0 Å². The van der Waals surface area contributed by atoms with Gasteiger partial charge in [-0.05, 0) is 31.4 Å². The number of nitrogens with zero attached hydrogens (tertiary/aromatic N) is 2. The highest BCUT2D eigenvalue weighted by Gasteiger charge is 2.36. The van der Waals surface area contributed by atoms with Gasteiger partial charge in [0.05, 0.1) is 17.6 Å². The molecule has 1 aliphatic heterocycles. The Hall–Kier alpha value is -2.61. The van der Waals surface area contributed by atoms with Crippen LogP contribution < -0.4 is 0 Å². The van der Waals surface area contributed by atoms with E-state index in [0.29, 0.717) is 6.54 Å². The molecular weight excluding hydrogens is 334 g/mol. The van der Waals surface area contributed by atoms with E-state index in [1.807, 2.05) is 43.3 Å². The van der Waals surface area contributed by atoms with E-state index in [1.165, 1.54) is 0 Å². The Morgan fingerprint density at radius 1 is 1.11 bits per heavy atom. The van der Waals surface area contributed by atoms with Crippen molar-refractivity contribution in [3.8, 4) is 6.07 Å². The molecule has 0 saturated carbocycles. The van der Waals surface area contributed by atoms with Gasteiger partial charge in [-0.1, -0.05) is 48.5 Å². The Balaban J connectivity index is 1.48. The molecule has 1 atom stereocenters. The Kier molecular flexibility index (Phi) is 4.73. The fourth-order valence-electron chi connectivity index (χ4n) is 4.40. The minimum absolute atomic E-state index is 0.403. The molecule has 4 heteroatoms.